The number of halogens is 1. The monoisotopic (exact) mass is 224 g/mol. The Labute approximate surface area is 94.8 Å². The van der Waals surface area contributed by atoms with E-state index in [1.165, 1.54) is 13.2 Å². The lowest BCUT2D eigenvalue weighted by Gasteiger charge is -2.10. The molecule has 88 valence electrons. The summed E-state index contributed by atoms with van der Waals surface area (Å²) in [7, 11) is 1.46. The molecule has 16 heavy (non-hydrogen) atoms. The molecule has 0 atom stereocenters. The highest BCUT2D eigenvalue weighted by atomic mass is 19.1. The first-order valence-corrected chi connectivity index (χ1v) is 5.45. The maximum absolute atomic E-state index is 13.3. The van der Waals surface area contributed by atoms with Crippen molar-refractivity contribution in [2.75, 3.05) is 13.7 Å². The Balaban J connectivity index is 1.87. The van der Waals surface area contributed by atoms with Crippen LogP contribution in [0.2, 0.25) is 0 Å². The van der Waals surface area contributed by atoms with Gasteiger partial charge >= 0.3 is 0 Å². The molecule has 2 rings (SSSR count). The highest BCUT2D eigenvalue weighted by Gasteiger charge is 2.37. The largest absolute Gasteiger partial charge is 0.494 e. The first kappa shape index (κ1) is 11.4. The van der Waals surface area contributed by atoms with Crippen LogP contribution in [0.3, 0.4) is 0 Å². The molecule has 3 N–H and O–H groups in total. The molecule has 0 radical (unpaired) electrons. The number of nitrogens with one attached hydrogen (secondary N) is 1. The van der Waals surface area contributed by atoms with Gasteiger partial charge in [-0.15, -0.1) is 0 Å². The maximum Gasteiger partial charge on any atom is 0.165 e. The zero-order valence-corrected chi connectivity index (χ0v) is 9.42. The maximum atomic E-state index is 13.3. The van der Waals surface area contributed by atoms with Crippen LogP contribution in [0.15, 0.2) is 18.2 Å². The van der Waals surface area contributed by atoms with E-state index in [0.717, 1.165) is 24.9 Å². The normalized spacial score (nSPS) is 17.2. The van der Waals surface area contributed by atoms with Crippen LogP contribution in [0, 0.1) is 5.82 Å². The summed E-state index contributed by atoms with van der Waals surface area (Å²) in [5, 5.41) is 3.24. The third-order valence-corrected chi connectivity index (χ3v) is 2.91. The Kier molecular flexibility index (Phi) is 3.12. The van der Waals surface area contributed by atoms with Gasteiger partial charge in [0.05, 0.1) is 7.11 Å². The van der Waals surface area contributed by atoms with Gasteiger partial charge in [0.15, 0.2) is 11.6 Å². The van der Waals surface area contributed by atoms with Crippen molar-refractivity contribution in [3.05, 3.63) is 29.6 Å². The van der Waals surface area contributed by atoms with E-state index in [-0.39, 0.29) is 17.1 Å². The number of hydrogen-bond donors (Lipinski definition) is 2. The second kappa shape index (κ2) is 4.39. The molecular formula is C12H17FN2O. The Morgan fingerprint density at radius 2 is 2.25 bits per heavy atom. The fourth-order valence-electron chi connectivity index (χ4n) is 1.61. The van der Waals surface area contributed by atoms with E-state index in [1.54, 1.807) is 6.07 Å². The van der Waals surface area contributed by atoms with E-state index in [2.05, 4.69) is 5.32 Å². The van der Waals surface area contributed by atoms with E-state index >= 15 is 0 Å². The molecule has 0 amide bonds. The zero-order chi connectivity index (χ0) is 11.6. The number of hydrogen-bond acceptors (Lipinski definition) is 3. The fourth-order valence-corrected chi connectivity index (χ4v) is 1.61. The summed E-state index contributed by atoms with van der Waals surface area (Å²) in [6, 6.07) is 4.98. The van der Waals surface area contributed by atoms with Gasteiger partial charge in [-0.1, -0.05) is 6.07 Å². The molecule has 0 heterocycles. The number of methoxy groups -OCH3 is 1. The van der Waals surface area contributed by atoms with Crippen LogP contribution in [0.1, 0.15) is 18.4 Å². The minimum atomic E-state index is -0.323. The summed E-state index contributed by atoms with van der Waals surface area (Å²) in [5.74, 6) is -0.0445. The quantitative estimate of drug-likeness (QED) is 0.795. The molecule has 1 aromatic carbocycles. The number of rotatable bonds is 5. The van der Waals surface area contributed by atoms with E-state index in [4.69, 9.17) is 10.5 Å². The lowest BCUT2D eigenvalue weighted by Crippen LogP contribution is -2.35. The topological polar surface area (TPSA) is 47.3 Å². The van der Waals surface area contributed by atoms with Crippen LogP contribution in [0.4, 0.5) is 4.39 Å². The van der Waals surface area contributed by atoms with Crippen molar-refractivity contribution in [3.8, 4) is 5.75 Å². The van der Waals surface area contributed by atoms with Gasteiger partial charge < -0.3 is 15.8 Å². The number of nitrogens with two attached hydrogens (primary N) is 1. The van der Waals surface area contributed by atoms with E-state index in [9.17, 15) is 4.39 Å². The number of ether oxygens (including phenoxy) is 1. The molecule has 0 saturated heterocycles. The predicted octanol–water partition coefficient (Wildman–Crippen LogP) is 1.42. The molecule has 3 nitrogen and oxygen atoms in total. The fraction of sp³-hybridized carbons (Fsp3) is 0.500. The SMILES string of the molecule is COc1ccc(CNCC2(N)CC2)cc1F. The third kappa shape index (κ3) is 2.71. The molecule has 0 aliphatic heterocycles. The van der Waals surface area contributed by atoms with Gasteiger partial charge in [0.1, 0.15) is 0 Å². The highest BCUT2D eigenvalue weighted by Crippen LogP contribution is 2.31. The second-order valence-corrected chi connectivity index (χ2v) is 4.43. The van der Waals surface area contributed by atoms with Crippen molar-refractivity contribution in [2.45, 2.75) is 24.9 Å². The van der Waals surface area contributed by atoms with Gasteiger partial charge in [-0.2, -0.15) is 0 Å². The molecule has 0 spiro atoms. The van der Waals surface area contributed by atoms with Crippen molar-refractivity contribution >= 4 is 0 Å². The highest BCUT2D eigenvalue weighted by molar-refractivity contribution is 5.29. The van der Waals surface area contributed by atoms with Crippen molar-refractivity contribution in [1.82, 2.24) is 5.32 Å². The van der Waals surface area contributed by atoms with Gasteiger partial charge in [0.2, 0.25) is 0 Å². The van der Waals surface area contributed by atoms with Crippen LogP contribution in [0.5, 0.6) is 5.75 Å². The van der Waals surface area contributed by atoms with Gasteiger partial charge in [0, 0.05) is 18.6 Å². The molecular weight excluding hydrogens is 207 g/mol. The van der Waals surface area contributed by atoms with E-state index < -0.39 is 0 Å². The third-order valence-electron chi connectivity index (χ3n) is 2.91. The molecule has 1 fully saturated rings. The van der Waals surface area contributed by atoms with E-state index in [1.807, 2.05) is 6.07 Å². The lowest BCUT2D eigenvalue weighted by atomic mass is 10.2. The van der Waals surface area contributed by atoms with Crippen molar-refractivity contribution in [1.29, 1.82) is 0 Å². The summed E-state index contributed by atoms with van der Waals surface area (Å²) >= 11 is 0. The van der Waals surface area contributed by atoms with E-state index in [0.29, 0.717) is 6.54 Å². The Bertz CT molecular complexity index is 377. The second-order valence-electron chi connectivity index (χ2n) is 4.43. The predicted molar refractivity (Wildman–Crippen MR) is 60.8 cm³/mol. The lowest BCUT2D eigenvalue weighted by molar-refractivity contribution is 0.386. The zero-order valence-electron chi connectivity index (χ0n) is 9.42. The van der Waals surface area contributed by atoms with Gasteiger partial charge in [0.25, 0.3) is 0 Å². The van der Waals surface area contributed by atoms with Crippen LogP contribution < -0.4 is 15.8 Å². The minimum Gasteiger partial charge on any atom is -0.494 e. The first-order chi connectivity index (χ1) is 7.63. The Morgan fingerprint density at radius 3 is 2.81 bits per heavy atom. The smallest absolute Gasteiger partial charge is 0.165 e. The standard InChI is InChI=1S/C12H17FN2O/c1-16-11-3-2-9(6-10(11)13)7-15-8-12(14)4-5-12/h2-3,6,15H,4-5,7-8,14H2,1H3. The number of benzene rings is 1. The summed E-state index contributed by atoms with van der Waals surface area (Å²) in [6.07, 6.45) is 2.16. The molecule has 4 heteroatoms. The molecule has 0 bridgehead atoms. The van der Waals surface area contributed by atoms with Crippen LogP contribution in [0.25, 0.3) is 0 Å². The molecule has 1 saturated carbocycles. The summed E-state index contributed by atoms with van der Waals surface area (Å²) in [4.78, 5) is 0. The van der Waals surface area contributed by atoms with Crippen molar-refractivity contribution in [2.24, 2.45) is 5.73 Å². The van der Waals surface area contributed by atoms with Crippen LogP contribution >= 0.6 is 0 Å². The molecule has 0 aromatic heterocycles. The van der Waals surface area contributed by atoms with Crippen LogP contribution in [-0.4, -0.2) is 19.2 Å². The average molecular weight is 224 g/mol. The van der Waals surface area contributed by atoms with Gasteiger partial charge in [-0.3, -0.25) is 0 Å². The van der Waals surface area contributed by atoms with Gasteiger partial charge in [-0.25, -0.2) is 4.39 Å². The first-order valence-electron chi connectivity index (χ1n) is 5.45. The molecule has 0 unspecified atom stereocenters. The average Bonchev–Trinajstić information content (AvgIpc) is 2.97. The van der Waals surface area contributed by atoms with Crippen LogP contribution in [-0.2, 0) is 6.54 Å². The van der Waals surface area contributed by atoms with Crippen molar-refractivity contribution in [3.63, 3.8) is 0 Å². The Morgan fingerprint density at radius 1 is 1.50 bits per heavy atom. The molecule has 1 aliphatic rings. The summed E-state index contributed by atoms with van der Waals surface area (Å²) < 4.78 is 18.2. The summed E-state index contributed by atoms with van der Waals surface area (Å²) in [5.41, 5.74) is 6.83. The molecule has 1 aliphatic carbocycles. The van der Waals surface area contributed by atoms with Crippen molar-refractivity contribution < 1.29 is 9.13 Å². The van der Waals surface area contributed by atoms with Gasteiger partial charge in [-0.05, 0) is 30.5 Å². The Hall–Kier alpha value is -1.13. The summed E-state index contributed by atoms with van der Waals surface area (Å²) in [6.45, 7) is 1.43. The minimum absolute atomic E-state index is 0.00891. The molecule has 1 aromatic rings.